The van der Waals surface area contributed by atoms with Crippen LogP contribution in [0.5, 0.6) is 0 Å². The third-order valence-electron chi connectivity index (χ3n) is 3.25. The molecule has 0 aromatic rings. The average Bonchev–Trinajstić information content (AvgIpc) is 2.59. The van der Waals surface area contributed by atoms with Crippen molar-refractivity contribution in [3.63, 3.8) is 0 Å². The lowest BCUT2D eigenvalue weighted by Crippen LogP contribution is -2.46. The molecule has 2 atom stereocenters. The number of rotatable bonds is 2. The van der Waals surface area contributed by atoms with Gasteiger partial charge >= 0.3 is 6.03 Å². The van der Waals surface area contributed by atoms with Gasteiger partial charge in [-0.05, 0) is 19.3 Å². The summed E-state index contributed by atoms with van der Waals surface area (Å²) in [6.45, 7) is 0.604. The maximum absolute atomic E-state index is 11.7. The number of nitrogens with one attached hydrogen (secondary N) is 2. The second kappa shape index (κ2) is 5.21. The molecule has 0 unspecified atom stereocenters. The van der Waals surface area contributed by atoms with Crippen LogP contribution in [0.2, 0.25) is 0 Å². The minimum atomic E-state index is -0.172. The van der Waals surface area contributed by atoms with E-state index in [1.165, 1.54) is 0 Å². The fraction of sp³-hybridized carbons (Fsp3) is 0.667. The number of likely N-dealkylation sites (N-methyl/N-ethyl adjacent to an activating group) is 1. The van der Waals surface area contributed by atoms with Crippen molar-refractivity contribution in [3.8, 4) is 0 Å². The van der Waals surface area contributed by atoms with E-state index in [0.717, 1.165) is 19.3 Å². The number of hydrogen-bond donors (Lipinski definition) is 2. The van der Waals surface area contributed by atoms with Crippen LogP contribution in [0, 0.1) is 0 Å². The van der Waals surface area contributed by atoms with Crippen molar-refractivity contribution in [1.29, 1.82) is 0 Å². The molecule has 0 aromatic carbocycles. The zero-order valence-corrected chi connectivity index (χ0v) is 10.1. The van der Waals surface area contributed by atoms with Crippen LogP contribution in [0.25, 0.3) is 0 Å². The molecule has 17 heavy (non-hydrogen) atoms. The van der Waals surface area contributed by atoms with Crippen LogP contribution in [-0.4, -0.2) is 42.5 Å². The predicted octanol–water partition coefficient (Wildman–Crippen LogP) is 0.625. The van der Waals surface area contributed by atoms with Crippen LogP contribution in [-0.2, 0) is 4.79 Å². The first kappa shape index (κ1) is 12.0. The standard InChI is InChI=1S/C12H19N3O2/c1-15-8-10(7-11(15)16)14-12(17)13-9-5-3-2-4-6-9/h3,5,9-10H,2,4,6-8H2,1H3,(H2,13,14,17)/t9-,10+/m1/s1. The Morgan fingerprint density at radius 3 is 2.88 bits per heavy atom. The summed E-state index contributed by atoms with van der Waals surface area (Å²) in [5, 5.41) is 5.75. The summed E-state index contributed by atoms with van der Waals surface area (Å²) in [6, 6.07) is -0.0895. The van der Waals surface area contributed by atoms with E-state index >= 15 is 0 Å². The second-order valence-electron chi connectivity index (χ2n) is 4.76. The molecule has 0 spiro atoms. The van der Waals surface area contributed by atoms with Gasteiger partial charge in [0.1, 0.15) is 0 Å². The first-order chi connectivity index (χ1) is 8.15. The average molecular weight is 237 g/mol. The monoisotopic (exact) mass is 237 g/mol. The zero-order chi connectivity index (χ0) is 12.3. The number of amides is 3. The Kier molecular flexibility index (Phi) is 3.66. The molecule has 5 nitrogen and oxygen atoms in total. The fourth-order valence-electron chi connectivity index (χ4n) is 2.29. The highest BCUT2D eigenvalue weighted by Gasteiger charge is 2.28. The fourth-order valence-corrected chi connectivity index (χ4v) is 2.29. The molecule has 2 N–H and O–H groups in total. The van der Waals surface area contributed by atoms with E-state index in [4.69, 9.17) is 0 Å². The Labute approximate surface area is 101 Å². The highest BCUT2D eigenvalue weighted by atomic mass is 16.2. The van der Waals surface area contributed by atoms with Gasteiger partial charge < -0.3 is 15.5 Å². The SMILES string of the molecule is CN1C[C@@H](NC(=O)N[C@@H]2C=CCCC2)CC1=O. The minimum absolute atomic E-state index is 0.0555. The first-order valence-electron chi connectivity index (χ1n) is 6.13. The van der Waals surface area contributed by atoms with E-state index < -0.39 is 0 Å². The number of urea groups is 1. The smallest absolute Gasteiger partial charge is 0.315 e. The van der Waals surface area contributed by atoms with Gasteiger partial charge in [-0.15, -0.1) is 0 Å². The highest BCUT2D eigenvalue weighted by Crippen LogP contribution is 2.11. The first-order valence-corrected chi connectivity index (χ1v) is 6.13. The van der Waals surface area contributed by atoms with Crippen molar-refractivity contribution in [2.75, 3.05) is 13.6 Å². The number of likely N-dealkylation sites (tertiary alicyclic amines) is 1. The van der Waals surface area contributed by atoms with Crippen molar-refractivity contribution in [1.82, 2.24) is 15.5 Å². The molecule has 5 heteroatoms. The van der Waals surface area contributed by atoms with Crippen molar-refractivity contribution >= 4 is 11.9 Å². The second-order valence-corrected chi connectivity index (χ2v) is 4.76. The summed E-state index contributed by atoms with van der Waals surface area (Å²) in [4.78, 5) is 24.6. The molecule has 0 bridgehead atoms. The summed E-state index contributed by atoms with van der Waals surface area (Å²) >= 11 is 0. The summed E-state index contributed by atoms with van der Waals surface area (Å²) in [6.07, 6.45) is 7.75. The number of carbonyl (C=O) groups excluding carboxylic acids is 2. The van der Waals surface area contributed by atoms with Crippen LogP contribution in [0.1, 0.15) is 25.7 Å². The van der Waals surface area contributed by atoms with Gasteiger partial charge in [0.15, 0.2) is 0 Å². The zero-order valence-electron chi connectivity index (χ0n) is 10.1. The number of allylic oxidation sites excluding steroid dienone is 1. The quantitative estimate of drug-likeness (QED) is 0.692. The summed E-state index contributed by atoms with van der Waals surface area (Å²) in [5.41, 5.74) is 0. The molecule has 94 valence electrons. The van der Waals surface area contributed by atoms with Gasteiger partial charge in [0.05, 0.1) is 6.04 Å². The Morgan fingerprint density at radius 1 is 1.47 bits per heavy atom. The molecule has 0 radical (unpaired) electrons. The van der Waals surface area contributed by atoms with E-state index in [2.05, 4.69) is 16.7 Å². The summed E-state index contributed by atoms with van der Waals surface area (Å²) in [7, 11) is 1.76. The predicted molar refractivity (Wildman–Crippen MR) is 64.5 cm³/mol. The Hall–Kier alpha value is -1.52. The highest BCUT2D eigenvalue weighted by molar-refractivity contribution is 5.81. The molecule has 0 saturated carbocycles. The van der Waals surface area contributed by atoms with Crippen LogP contribution < -0.4 is 10.6 Å². The number of nitrogens with zero attached hydrogens (tertiary/aromatic N) is 1. The molecule has 3 amide bonds. The Bertz CT molecular complexity index is 341. The van der Waals surface area contributed by atoms with Gasteiger partial charge in [0, 0.05) is 26.1 Å². The molecule has 2 rings (SSSR count). The van der Waals surface area contributed by atoms with Gasteiger partial charge in [-0.1, -0.05) is 12.2 Å². The van der Waals surface area contributed by atoms with Crippen molar-refractivity contribution in [3.05, 3.63) is 12.2 Å². The molecule has 2 aliphatic rings. The van der Waals surface area contributed by atoms with Crippen molar-refractivity contribution in [2.45, 2.75) is 37.8 Å². The lowest BCUT2D eigenvalue weighted by Gasteiger charge is -2.20. The molecule has 1 fully saturated rings. The topological polar surface area (TPSA) is 61.4 Å². The van der Waals surface area contributed by atoms with Crippen LogP contribution in [0.3, 0.4) is 0 Å². The minimum Gasteiger partial charge on any atom is -0.344 e. The van der Waals surface area contributed by atoms with Gasteiger partial charge in [-0.3, -0.25) is 4.79 Å². The third kappa shape index (κ3) is 3.22. The molecular formula is C12H19N3O2. The van der Waals surface area contributed by atoms with Crippen molar-refractivity contribution < 1.29 is 9.59 Å². The van der Waals surface area contributed by atoms with E-state index in [9.17, 15) is 9.59 Å². The lowest BCUT2D eigenvalue weighted by molar-refractivity contribution is -0.126. The van der Waals surface area contributed by atoms with E-state index in [1.54, 1.807) is 11.9 Å². The molecule has 1 aliphatic carbocycles. The Balaban J connectivity index is 1.76. The van der Waals surface area contributed by atoms with Gasteiger partial charge in [-0.25, -0.2) is 4.79 Å². The van der Waals surface area contributed by atoms with Gasteiger partial charge in [0.2, 0.25) is 5.91 Å². The Morgan fingerprint density at radius 2 is 2.29 bits per heavy atom. The third-order valence-corrected chi connectivity index (χ3v) is 3.25. The van der Waals surface area contributed by atoms with E-state index in [0.29, 0.717) is 13.0 Å². The molecule has 1 heterocycles. The number of hydrogen-bond acceptors (Lipinski definition) is 2. The molecule has 0 aromatic heterocycles. The molecule has 1 saturated heterocycles. The summed E-state index contributed by atoms with van der Waals surface area (Å²) < 4.78 is 0. The van der Waals surface area contributed by atoms with Crippen LogP contribution in [0.4, 0.5) is 4.79 Å². The maximum atomic E-state index is 11.7. The largest absolute Gasteiger partial charge is 0.344 e. The molecule has 1 aliphatic heterocycles. The van der Waals surface area contributed by atoms with Gasteiger partial charge in [0.25, 0.3) is 0 Å². The van der Waals surface area contributed by atoms with E-state index in [1.807, 2.05) is 6.08 Å². The maximum Gasteiger partial charge on any atom is 0.315 e. The van der Waals surface area contributed by atoms with Crippen LogP contribution in [0.15, 0.2) is 12.2 Å². The summed E-state index contributed by atoms with van der Waals surface area (Å²) in [5.74, 6) is 0.0906. The van der Waals surface area contributed by atoms with Gasteiger partial charge in [-0.2, -0.15) is 0 Å². The van der Waals surface area contributed by atoms with Crippen molar-refractivity contribution in [2.24, 2.45) is 0 Å². The number of carbonyl (C=O) groups is 2. The lowest BCUT2D eigenvalue weighted by atomic mass is 10.0. The normalized spacial score (nSPS) is 28.3. The van der Waals surface area contributed by atoms with Crippen LogP contribution >= 0.6 is 0 Å². The molecular weight excluding hydrogens is 218 g/mol. The van der Waals surface area contributed by atoms with E-state index in [-0.39, 0.29) is 24.0 Å².